The molecule has 0 fully saturated rings. The molecule has 0 N–H and O–H groups in total. The number of benzene rings is 10. The van der Waals surface area contributed by atoms with E-state index in [0.29, 0.717) is 22.7 Å². The van der Waals surface area contributed by atoms with Crippen LogP contribution in [0.2, 0.25) is 0 Å². The first-order chi connectivity index (χ1) is 42.2. The molecule has 13 aromatic rings. The maximum Gasteiger partial charge on any atom is 0.416 e. The van der Waals surface area contributed by atoms with Gasteiger partial charge in [-0.15, -0.1) is 0 Å². The van der Waals surface area contributed by atoms with Gasteiger partial charge >= 0.3 is 24.7 Å². The first-order valence-corrected chi connectivity index (χ1v) is 27.1. The number of nitriles is 1. The Labute approximate surface area is 492 Å². The summed E-state index contributed by atoms with van der Waals surface area (Å²) in [5.74, 6) is -0.448. The van der Waals surface area contributed by atoms with Gasteiger partial charge in [0, 0.05) is 61.0 Å². The molecule has 13 rings (SSSR count). The molecule has 434 valence electrons. The van der Waals surface area contributed by atoms with Crippen molar-refractivity contribution in [3.63, 3.8) is 0 Å². The smallest absolute Gasteiger partial charge is 0.310 e. The second kappa shape index (κ2) is 21.3. The predicted molar refractivity (Wildman–Crippen MR) is 318 cm³/mol. The maximum absolute atomic E-state index is 15.3. The third-order valence-corrected chi connectivity index (χ3v) is 15.4. The zero-order valence-electron chi connectivity index (χ0n) is 45.3. The number of halogens is 12. The highest BCUT2D eigenvalue weighted by Gasteiger charge is 2.38. The number of anilines is 6. The molecule has 3 aromatic heterocycles. The molecule has 0 amide bonds. The number of hydrogen-bond acceptors (Lipinski definition) is 4. The molecular formula is C70H40F12N6. The topological polar surface area (TPSA) is 53.0 Å². The van der Waals surface area contributed by atoms with Gasteiger partial charge in [0.05, 0.1) is 66.9 Å². The highest BCUT2D eigenvalue weighted by atomic mass is 19.4. The Hall–Kier alpha value is -10.8. The van der Waals surface area contributed by atoms with E-state index in [9.17, 15) is 5.26 Å². The van der Waals surface area contributed by atoms with Crippen LogP contribution in [0.1, 0.15) is 27.8 Å². The van der Waals surface area contributed by atoms with Crippen molar-refractivity contribution >= 4 is 77.7 Å². The summed E-state index contributed by atoms with van der Waals surface area (Å²) in [6.45, 7) is 0. The highest BCUT2D eigenvalue weighted by molar-refractivity contribution is 6.13. The summed E-state index contributed by atoms with van der Waals surface area (Å²) >= 11 is 0. The highest BCUT2D eigenvalue weighted by Crippen LogP contribution is 2.52. The Morgan fingerprint density at radius 1 is 0.341 bits per heavy atom. The lowest BCUT2D eigenvalue weighted by Crippen LogP contribution is -2.16. The van der Waals surface area contributed by atoms with Crippen LogP contribution in [-0.4, -0.2) is 14.1 Å². The molecule has 0 radical (unpaired) electrons. The van der Waals surface area contributed by atoms with E-state index >= 15 is 52.7 Å². The van der Waals surface area contributed by atoms with E-state index in [1.54, 1.807) is 180 Å². The fourth-order valence-electron chi connectivity index (χ4n) is 11.6. The maximum atomic E-state index is 15.3. The van der Waals surface area contributed by atoms with Gasteiger partial charge in [-0.1, -0.05) is 133 Å². The first-order valence-electron chi connectivity index (χ1n) is 27.1. The van der Waals surface area contributed by atoms with Crippen molar-refractivity contribution in [2.24, 2.45) is 0 Å². The molecule has 0 atom stereocenters. The van der Waals surface area contributed by atoms with E-state index in [-0.39, 0.29) is 77.4 Å². The van der Waals surface area contributed by atoms with E-state index in [0.717, 1.165) is 81.9 Å². The molecular weight excluding hydrogens is 1150 g/mol. The van der Waals surface area contributed by atoms with E-state index in [4.69, 9.17) is 4.98 Å². The molecule has 0 saturated carbocycles. The molecule has 0 bridgehead atoms. The number of aromatic nitrogens is 3. The van der Waals surface area contributed by atoms with Crippen LogP contribution < -0.4 is 9.80 Å². The molecule has 6 nitrogen and oxygen atoms in total. The fourth-order valence-corrected chi connectivity index (χ4v) is 11.6. The quantitative estimate of drug-likeness (QED) is 0.128. The average molecular weight is 1190 g/mol. The minimum atomic E-state index is -5.04. The molecule has 0 spiro atoms. The van der Waals surface area contributed by atoms with Crippen LogP contribution in [0, 0.1) is 11.3 Å². The molecule has 18 heteroatoms. The van der Waals surface area contributed by atoms with Crippen molar-refractivity contribution in [2.45, 2.75) is 24.7 Å². The Morgan fingerprint density at radius 3 is 0.966 bits per heavy atom. The minimum Gasteiger partial charge on any atom is -0.310 e. The number of rotatable bonds is 10. The summed E-state index contributed by atoms with van der Waals surface area (Å²) in [6, 6.07) is 61.0. The molecule has 0 aliphatic carbocycles. The Bertz CT molecular complexity index is 4650. The van der Waals surface area contributed by atoms with Crippen LogP contribution in [0.5, 0.6) is 0 Å². The molecule has 0 unspecified atom stereocenters. The average Bonchev–Trinajstić information content (AvgIpc) is 1.44. The zero-order chi connectivity index (χ0) is 61.4. The van der Waals surface area contributed by atoms with Crippen molar-refractivity contribution in [3.8, 4) is 40.0 Å². The van der Waals surface area contributed by atoms with E-state index in [1.807, 2.05) is 0 Å². The van der Waals surface area contributed by atoms with Gasteiger partial charge < -0.3 is 14.4 Å². The largest absolute Gasteiger partial charge is 0.416 e. The van der Waals surface area contributed by atoms with Crippen LogP contribution in [0.25, 0.3) is 77.5 Å². The lowest BCUT2D eigenvalue weighted by molar-refractivity contribution is -0.138. The molecule has 0 aliphatic rings. The van der Waals surface area contributed by atoms with Crippen LogP contribution >= 0.6 is 0 Å². The van der Waals surface area contributed by atoms with E-state index < -0.39 is 64.0 Å². The van der Waals surface area contributed by atoms with Gasteiger partial charge in [0.15, 0.2) is 0 Å². The normalized spacial score (nSPS) is 12.3. The number of pyridine rings is 1. The molecule has 0 saturated heterocycles. The van der Waals surface area contributed by atoms with Crippen molar-refractivity contribution in [1.29, 1.82) is 5.26 Å². The van der Waals surface area contributed by atoms with Crippen LogP contribution in [0.4, 0.5) is 86.8 Å². The summed E-state index contributed by atoms with van der Waals surface area (Å²) in [4.78, 5) is 9.05. The van der Waals surface area contributed by atoms with Gasteiger partial charge in [0.1, 0.15) is 17.6 Å². The summed E-state index contributed by atoms with van der Waals surface area (Å²) in [5.41, 5.74) is -5.06. The van der Waals surface area contributed by atoms with Gasteiger partial charge in [0.2, 0.25) is 0 Å². The van der Waals surface area contributed by atoms with Gasteiger partial charge in [-0.2, -0.15) is 57.9 Å². The number of nitrogens with zero attached hydrogens (tertiary/aromatic N) is 6. The molecule has 3 heterocycles. The molecule has 0 aliphatic heterocycles. The number of hydrogen-bond donors (Lipinski definition) is 0. The first kappa shape index (κ1) is 56.3. The van der Waals surface area contributed by atoms with Gasteiger partial charge in [-0.25, -0.2) is 4.98 Å². The minimum absolute atomic E-state index is 0.0159. The van der Waals surface area contributed by atoms with E-state index in [1.165, 1.54) is 0 Å². The van der Waals surface area contributed by atoms with Crippen molar-refractivity contribution in [1.82, 2.24) is 14.1 Å². The van der Waals surface area contributed by atoms with Crippen LogP contribution in [0.3, 0.4) is 0 Å². The Kier molecular flexibility index (Phi) is 13.6. The Balaban J connectivity index is 1.31. The molecule has 10 aromatic carbocycles. The lowest BCUT2D eigenvalue weighted by atomic mass is 9.93. The number of fused-ring (bicyclic) bond motifs is 6. The van der Waals surface area contributed by atoms with Gasteiger partial charge in [-0.05, 0) is 109 Å². The van der Waals surface area contributed by atoms with Crippen molar-refractivity contribution < 1.29 is 52.7 Å². The fraction of sp³-hybridized carbons (Fsp3) is 0.0571. The zero-order valence-corrected chi connectivity index (χ0v) is 45.3. The molecule has 88 heavy (non-hydrogen) atoms. The third-order valence-electron chi connectivity index (χ3n) is 15.4. The Morgan fingerprint density at radius 2 is 0.636 bits per heavy atom. The standard InChI is InChI=1S/C70H40F12N6/c71-67(72,73)42-29-33-50-51-34-30-43(68(74,75)76)38-60(51)87(59(50)37-42)65-56(41-83)63(54-25-13-15-27-57(54)85(46-17-5-1-6-18-46)47-19-7-2-8-20-47)66(88-61-39-44(69(77,78)79)31-35-52(61)53-36-32-45(40-62(53)88)70(80,81)82)84-64(65)55-26-14-16-28-58(55)86(48-21-9-3-10-22-48)49-23-11-4-12-24-49/h1-40H. The summed E-state index contributed by atoms with van der Waals surface area (Å²) < 4.78 is 185. The van der Waals surface area contributed by atoms with Gasteiger partial charge in [-0.3, -0.25) is 4.57 Å². The second-order valence-electron chi connectivity index (χ2n) is 20.6. The number of alkyl halides is 12. The SMILES string of the molecule is N#Cc1c(-c2ccccc2N(c2ccccc2)c2ccccc2)c(-n2c3cc(C(F)(F)F)ccc3c3ccc(C(F)(F)F)cc32)nc(-c2ccccc2N(c2ccccc2)c2ccccc2)c1-n1c2cc(C(F)(F)F)ccc2c2ccc(C(F)(F)F)cc21. The number of para-hydroxylation sites is 6. The third kappa shape index (κ3) is 9.83. The second-order valence-corrected chi connectivity index (χ2v) is 20.6. The monoisotopic (exact) mass is 1190 g/mol. The summed E-state index contributed by atoms with van der Waals surface area (Å²) in [7, 11) is 0. The van der Waals surface area contributed by atoms with Crippen molar-refractivity contribution in [3.05, 3.63) is 270 Å². The van der Waals surface area contributed by atoms with Crippen molar-refractivity contribution in [2.75, 3.05) is 9.80 Å². The van der Waals surface area contributed by atoms with Crippen LogP contribution in [-0.2, 0) is 24.7 Å². The summed E-state index contributed by atoms with van der Waals surface area (Å²) in [6.07, 6.45) is -20.2. The van der Waals surface area contributed by atoms with Crippen LogP contribution in [0.15, 0.2) is 243 Å². The lowest BCUT2D eigenvalue weighted by Gasteiger charge is -2.30. The van der Waals surface area contributed by atoms with Gasteiger partial charge in [0.25, 0.3) is 0 Å². The predicted octanol–water partition coefficient (Wildman–Crippen LogP) is 21.5. The summed E-state index contributed by atoms with van der Waals surface area (Å²) in [5, 5.41) is 12.6. The van der Waals surface area contributed by atoms with E-state index in [2.05, 4.69) is 6.07 Å².